The van der Waals surface area contributed by atoms with E-state index in [1.165, 1.54) is 23.3 Å². The molecule has 2 aliphatic rings. The van der Waals surface area contributed by atoms with Crippen LogP contribution in [0, 0.1) is 5.82 Å². The van der Waals surface area contributed by atoms with Gasteiger partial charge in [-0.15, -0.1) is 0 Å². The maximum atomic E-state index is 13.5. The van der Waals surface area contributed by atoms with E-state index in [1.54, 1.807) is 0 Å². The lowest BCUT2D eigenvalue weighted by atomic mass is 9.88. The Bertz CT molecular complexity index is 790. The lowest BCUT2D eigenvalue weighted by molar-refractivity contribution is 0.184. The zero-order chi connectivity index (χ0) is 17.9. The molecule has 0 saturated carbocycles. The molecular formula is C21H24FN3O. The van der Waals surface area contributed by atoms with Crippen molar-refractivity contribution < 1.29 is 9.13 Å². The van der Waals surface area contributed by atoms with E-state index in [1.807, 2.05) is 12.1 Å². The number of nitrogens with zero attached hydrogens (tertiary/aromatic N) is 2. The minimum Gasteiger partial charge on any atom is -0.463 e. The van der Waals surface area contributed by atoms with Crippen LogP contribution in [-0.2, 0) is 11.2 Å². The molecule has 136 valence electrons. The fourth-order valence-corrected chi connectivity index (χ4v) is 3.79. The number of nitrogens with two attached hydrogens (primary N) is 1. The van der Waals surface area contributed by atoms with Crippen LogP contribution in [0.2, 0.25) is 0 Å². The zero-order valence-corrected chi connectivity index (χ0v) is 14.8. The first-order valence-corrected chi connectivity index (χ1v) is 9.25. The van der Waals surface area contributed by atoms with Gasteiger partial charge in [0.15, 0.2) is 0 Å². The van der Waals surface area contributed by atoms with E-state index in [4.69, 9.17) is 15.5 Å². The van der Waals surface area contributed by atoms with Crippen molar-refractivity contribution in [2.24, 2.45) is 10.7 Å². The summed E-state index contributed by atoms with van der Waals surface area (Å²) >= 11 is 0. The fourth-order valence-electron chi connectivity index (χ4n) is 3.79. The number of hydrogen-bond acceptors (Lipinski definition) is 4. The molecule has 2 aromatic carbocycles. The van der Waals surface area contributed by atoms with E-state index >= 15 is 0 Å². The van der Waals surface area contributed by atoms with Gasteiger partial charge in [0.1, 0.15) is 12.4 Å². The molecule has 0 unspecified atom stereocenters. The highest BCUT2D eigenvalue weighted by atomic mass is 19.1. The Balaban J connectivity index is 1.74. The van der Waals surface area contributed by atoms with Gasteiger partial charge < -0.3 is 15.4 Å². The summed E-state index contributed by atoms with van der Waals surface area (Å²) in [5, 5.41) is 0. The lowest BCUT2D eigenvalue weighted by Crippen LogP contribution is -2.44. The van der Waals surface area contributed by atoms with Gasteiger partial charge in [-0.1, -0.05) is 36.4 Å². The average molecular weight is 353 g/mol. The molecule has 0 spiro atoms. The molecule has 2 N–H and O–H groups in total. The van der Waals surface area contributed by atoms with Crippen molar-refractivity contribution in [3.8, 4) is 0 Å². The van der Waals surface area contributed by atoms with Gasteiger partial charge in [-0.05, 0) is 48.1 Å². The summed E-state index contributed by atoms with van der Waals surface area (Å²) < 4.78 is 19.5. The van der Waals surface area contributed by atoms with Crippen LogP contribution in [0.15, 0.2) is 53.5 Å². The van der Waals surface area contributed by atoms with Crippen molar-refractivity contribution in [3.63, 3.8) is 0 Å². The number of aliphatic imine (C=N–C) groups is 1. The molecule has 0 bridgehead atoms. The van der Waals surface area contributed by atoms with Crippen LogP contribution in [0.1, 0.15) is 35.6 Å². The third-order valence-corrected chi connectivity index (χ3v) is 5.12. The quantitative estimate of drug-likeness (QED) is 0.856. The molecule has 4 rings (SSSR count). The Morgan fingerprint density at radius 2 is 1.92 bits per heavy atom. The van der Waals surface area contributed by atoms with Crippen molar-refractivity contribution in [3.05, 3.63) is 71.0 Å². The topological polar surface area (TPSA) is 50.8 Å². The summed E-state index contributed by atoms with van der Waals surface area (Å²) in [4.78, 5) is 6.90. The minimum atomic E-state index is -0.227. The molecular weight excluding hydrogens is 329 g/mol. The lowest BCUT2D eigenvalue weighted by Gasteiger charge is -2.39. The molecule has 0 saturated heterocycles. The van der Waals surface area contributed by atoms with Crippen molar-refractivity contribution >= 4 is 6.02 Å². The minimum absolute atomic E-state index is 0.0325. The van der Waals surface area contributed by atoms with Gasteiger partial charge >= 0.3 is 0 Å². The number of halogens is 1. The number of ether oxygens (including phenoxy) is 1. The van der Waals surface area contributed by atoms with Crippen molar-refractivity contribution in [1.82, 2.24) is 4.90 Å². The van der Waals surface area contributed by atoms with E-state index in [2.05, 4.69) is 29.2 Å². The Hall–Kier alpha value is -2.40. The molecule has 0 radical (unpaired) electrons. The van der Waals surface area contributed by atoms with Gasteiger partial charge in [0.05, 0.1) is 6.04 Å². The monoisotopic (exact) mass is 353 g/mol. The van der Waals surface area contributed by atoms with Gasteiger partial charge in [0.2, 0.25) is 0 Å². The van der Waals surface area contributed by atoms with Crippen molar-refractivity contribution in [2.45, 2.75) is 31.3 Å². The van der Waals surface area contributed by atoms with Gasteiger partial charge in [0, 0.05) is 19.1 Å². The van der Waals surface area contributed by atoms with E-state index in [0.717, 1.165) is 37.9 Å². The summed E-state index contributed by atoms with van der Waals surface area (Å²) in [6, 6.07) is 15.8. The first-order chi connectivity index (χ1) is 12.7. The summed E-state index contributed by atoms with van der Waals surface area (Å²) in [6.45, 7) is 2.01. The predicted octanol–water partition coefficient (Wildman–Crippen LogP) is 3.27. The number of amidine groups is 1. The second-order valence-electron chi connectivity index (χ2n) is 6.97. The molecule has 4 nitrogen and oxygen atoms in total. The second kappa shape index (κ2) is 7.46. The molecule has 2 heterocycles. The third kappa shape index (κ3) is 3.44. The van der Waals surface area contributed by atoms with Crippen LogP contribution in [-0.4, -0.2) is 36.7 Å². The summed E-state index contributed by atoms with van der Waals surface area (Å²) in [5.74, 6) is -0.227. The van der Waals surface area contributed by atoms with E-state index < -0.39 is 0 Å². The third-order valence-electron chi connectivity index (χ3n) is 5.12. The van der Waals surface area contributed by atoms with Gasteiger partial charge in [-0.25, -0.2) is 9.38 Å². The van der Waals surface area contributed by atoms with E-state index in [9.17, 15) is 4.39 Å². The van der Waals surface area contributed by atoms with Gasteiger partial charge in [0.25, 0.3) is 6.02 Å². The molecule has 26 heavy (non-hydrogen) atoms. The Morgan fingerprint density at radius 3 is 2.77 bits per heavy atom. The van der Waals surface area contributed by atoms with Gasteiger partial charge in [-0.2, -0.15) is 0 Å². The fraction of sp³-hybridized carbons (Fsp3) is 0.381. The standard InChI is InChI=1S/C21H24FN3O/c22-17-9-7-16(8-10-17)20-19-6-2-1-4-15(19)11-13-25(20)21-24-12-3-5-18(23)14-26-21/h1-2,4,6-10,18,20H,3,5,11-14,23H2/t18-,20+/m1/s1. The number of hydrogen-bond donors (Lipinski definition) is 1. The number of rotatable bonds is 1. The highest BCUT2D eigenvalue weighted by Crippen LogP contribution is 2.35. The van der Waals surface area contributed by atoms with Crippen LogP contribution < -0.4 is 5.73 Å². The Morgan fingerprint density at radius 1 is 1.12 bits per heavy atom. The normalized spacial score (nSPS) is 23.3. The molecule has 2 aromatic rings. The molecule has 2 atom stereocenters. The summed E-state index contributed by atoms with van der Waals surface area (Å²) in [6.07, 6.45) is 2.84. The predicted molar refractivity (Wildman–Crippen MR) is 101 cm³/mol. The van der Waals surface area contributed by atoms with Crippen LogP contribution >= 0.6 is 0 Å². The smallest absolute Gasteiger partial charge is 0.288 e. The van der Waals surface area contributed by atoms with E-state index in [0.29, 0.717) is 12.6 Å². The number of benzene rings is 2. The Labute approximate surface area is 153 Å². The second-order valence-corrected chi connectivity index (χ2v) is 6.97. The average Bonchev–Trinajstić information content (AvgIpc) is 2.65. The number of fused-ring (bicyclic) bond motifs is 1. The van der Waals surface area contributed by atoms with Crippen molar-refractivity contribution in [1.29, 1.82) is 0 Å². The highest BCUT2D eigenvalue weighted by molar-refractivity contribution is 5.76. The molecule has 0 aromatic heterocycles. The first-order valence-electron chi connectivity index (χ1n) is 9.25. The maximum Gasteiger partial charge on any atom is 0.288 e. The van der Waals surface area contributed by atoms with Crippen LogP contribution in [0.4, 0.5) is 4.39 Å². The van der Waals surface area contributed by atoms with Crippen LogP contribution in [0.25, 0.3) is 0 Å². The molecule has 2 aliphatic heterocycles. The van der Waals surface area contributed by atoms with Crippen LogP contribution in [0.3, 0.4) is 0 Å². The van der Waals surface area contributed by atoms with Crippen LogP contribution in [0.5, 0.6) is 0 Å². The molecule has 0 amide bonds. The molecule has 0 fully saturated rings. The summed E-state index contributed by atoms with van der Waals surface area (Å²) in [7, 11) is 0. The van der Waals surface area contributed by atoms with Crippen molar-refractivity contribution in [2.75, 3.05) is 19.7 Å². The maximum absolute atomic E-state index is 13.5. The highest BCUT2D eigenvalue weighted by Gasteiger charge is 2.32. The van der Waals surface area contributed by atoms with E-state index in [-0.39, 0.29) is 17.9 Å². The van der Waals surface area contributed by atoms with Gasteiger partial charge in [-0.3, -0.25) is 0 Å². The summed E-state index contributed by atoms with van der Waals surface area (Å²) in [5.41, 5.74) is 9.68. The largest absolute Gasteiger partial charge is 0.463 e. The first kappa shape index (κ1) is 17.0. The Kier molecular flexibility index (Phi) is 4.89. The molecule has 5 heteroatoms. The SMILES string of the molecule is N[C@@H]1CCCN=C(N2CCc3ccccc3[C@@H]2c2ccc(F)cc2)OC1. The molecule has 0 aliphatic carbocycles. The zero-order valence-electron chi connectivity index (χ0n) is 14.8.